The van der Waals surface area contributed by atoms with Crippen LogP contribution < -0.4 is 15.2 Å². The summed E-state index contributed by atoms with van der Waals surface area (Å²) in [4.78, 5) is 24.6. The number of carbonyl (C=O) groups excluding carboxylic acids is 1. The third-order valence-electron chi connectivity index (χ3n) is 4.88. The van der Waals surface area contributed by atoms with Crippen LogP contribution in [0.5, 0.6) is 11.5 Å². The molecule has 0 amide bonds. The average molecular weight is 509 g/mol. The highest BCUT2D eigenvalue weighted by atomic mass is 16.7. The molecule has 3 N–H and O–H groups in total. The second-order valence-electron chi connectivity index (χ2n) is 9.09. The molecule has 0 fully saturated rings. The molecule has 1 aromatic heterocycles. The Morgan fingerprint density at radius 2 is 1.64 bits per heavy atom. The van der Waals surface area contributed by atoms with Gasteiger partial charge in [0.05, 0.1) is 25.0 Å². The van der Waals surface area contributed by atoms with Crippen molar-refractivity contribution >= 4 is 18.0 Å². The third kappa shape index (κ3) is 7.65. The SMILES string of the molecule is COc1cc(N)c(Cc2nn(C(OC(=O)OC(C)C)C(C)C)nc2C(C)OC(=O)O)cc1OC(C)C. The first-order chi connectivity index (χ1) is 16.8. The fourth-order valence-electron chi connectivity index (χ4n) is 3.35. The highest BCUT2D eigenvalue weighted by Gasteiger charge is 2.29. The van der Waals surface area contributed by atoms with Gasteiger partial charge in [-0.05, 0) is 46.2 Å². The average Bonchev–Trinajstić information content (AvgIpc) is 3.16. The Balaban J connectivity index is 2.52. The number of nitrogens with zero attached hydrogens (tertiary/aromatic N) is 3. The van der Waals surface area contributed by atoms with E-state index in [1.807, 2.05) is 27.7 Å². The number of carboxylic acid groups (broad SMARTS) is 1. The van der Waals surface area contributed by atoms with Crippen molar-refractivity contribution in [2.24, 2.45) is 5.92 Å². The maximum atomic E-state index is 12.2. The van der Waals surface area contributed by atoms with E-state index < -0.39 is 24.6 Å². The molecule has 2 aromatic rings. The van der Waals surface area contributed by atoms with Crippen LogP contribution in [-0.4, -0.2) is 51.7 Å². The molecule has 0 aliphatic carbocycles. The Kier molecular flexibility index (Phi) is 9.76. The van der Waals surface area contributed by atoms with Gasteiger partial charge >= 0.3 is 12.3 Å². The van der Waals surface area contributed by atoms with Gasteiger partial charge in [0, 0.05) is 24.1 Å². The van der Waals surface area contributed by atoms with Crippen molar-refractivity contribution < 1.29 is 38.4 Å². The number of ether oxygens (including phenoxy) is 5. The smallest absolute Gasteiger partial charge is 0.493 e. The van der Waals surface area contributed by atoms with E-state index in [2.05, 4.69) is 10.2 Å². The zero-order chi connectivity index (χ0) is 27.2. The summed E-state index contributed by atoms with van der Waals surface area (Å²) in [6.45, 7) is 12.4. The van der Waals surface area contributed by atoms with E-state index in [1.165, 1.54) is 18.8 Å². The van der Waals surface area contributed by atoms with Crippen molar-refractivity contribution in [1.82, 2.24) is 15.0 Å². The molecule has 0 saturated carbocycles. The first-order valence-corrected chi connectivity index (χ1v) is 11.7. The number of nitrogens with two attached hydrogens (primary N) is 1. The van der Waals surface area contributed by atoms with Crippen LogP contribution in [0.3, 0.4) is 0 Å². The van der Waals surface area contributed by atoms with E-state index >= 15 is 0 Å². The highest BCUT2D eigenvalue weighted by molar-refractivity contribution is 5.60. The van der Waals surface area contributed by atoms with Crippen molar-refractivity contribution in [3.8, 4) is 11.5 Å². The van der Waals surface area contributed by atoms with Gasteiger partial charge in [0.1, 0.15) is 11.8 Å². The number of hydrogen-bond acceptors (Lipinski definition) is 10. The van der Waals surface area contributed by atoms with Crippen LogP contribution in [0, 0.1) is 5.92 Å². The molecule has 2 rings (SSSR count). The zero-order valence-electron chi connectivity index (χ0n) is 22.0. The molecule has 2 atom stereocenters. The molecule has 0 spiro atoms. The van der Waals surface area contributed by atoms with E-state index in [0.29, 0.717) is 28.4 Å². The fourth-order valence-corrected chi connectivity index (χ4v) is 3.35. The first-order valence-electron chi connectivity index (χ1n) is 11.7. The van der Waals surface area contributed by atoms with Crippen molar-refractivity contribution in [2.75, 3.05) is 12.8 Å². The molecule has 0 bridgehead atoms. The number of rotatable bonds is 11. The standard InChI is InChI=1S/C24H36N4O8/c1-12(2)22(36-24(31)34-14(5)6)28-26-18(21(27-28)15(7)35-23(29)30)9-16-10-20(33-13(3)4)19(32-8)11-17(16)25/h10-15,22H,9,25H2,1-8H3,(H,29,30). The highest BCUT2D eigenvalue weighted by Crippen LogP contribution is 2.35. The third-order valence-corrected chi connectivity index (χ3v) is 4.88. The van der Waals surface area contributed by atoms with Gasteiger partial charge in [-0.15, -0.1) is 4.80 Å². The minimum absolute atomic E-state index is 0.106. The van der Waals surface area contributed by atoms with Crippen molar-refractivity contribution in [3.05, 3.63) is 29.1 Å². The van der Waals surface area contributed by atoms with Crippen LogP contribution >= 0.6 is 0 Å². The predicted molar refractivity (Wildman–Crippen MR) is 130 cm³/mol. The Morgan fingerprint density at radius 3 is 2.17 bits per heavy atom. The monoisotopic (exact) mass is 508 g/mol. The van der Waals surface area contributed by atoms with Crippen molar-refractivity contribution in [1.29, 1.82) is 0 Å². The Bertz CT molecular complexity index is 1050. The molecular formula is C24H36N4O8. The predicted octanol–water partition coefficient (Wildman–Crippen LogP) is 4.72. The molecule has 12 nitrogen and oxygen atoms in total. The van der Waals surface area contributed by atoms with E-state index in [1.54, 1.807) is 26.0 Å². The minimum Gasteiger partial charge on any atom is -0.493 e. The number of aromatic nitrogens is 3. The van der Waals surface area contributed by atoms with Crippen molar-refractivity contribution in [2.45, 2.75) is 79.4 Å². The maximum absolute atomic E-state index is 12.2. The molecular weight excluding hydrogens is 472 g/mol. The van der Waals surface area contributed by atoms with E-state index in [0.717, 1.165) is 0 Å². The summed E-state index contributed by atoms with van der Waals surface area (Å²) in [6, 6.07) is 3.40. The lowest BCUT2D eigenvalue weighted by Crippen LogP contribution is -2.26. The normalized spacial score (nSPS) is 13.0. The van der Waals surface area contributed by atoms with E-state index in [9.17, 15) is 9.59 Å². The number of nitrogen functional groups attached to an aromatic ring is 1. The lowest BCUT2D eigenvalue weighted by molar-refractivity contribution is -0.0472. The molecule has 2 unspecified atom stereocenters. The lowest BCUT2D eigenvalue weighted by atomic mass is 10.0. The number of anilines is 1. The Labute approximate surface area is 210 Å². The maximum Gasteiger partial charge on any atom is 0.510 e. The van der Waals surface area contributed by atoms with Gasteiger partial charge in [0.2, 0.25) is 6.23 Å². The van der Waals surface area contributed by atoms with Gasteiger partial charge < -0.3 is 34.5 Å². The molecule has 200 valence electrons. The van der Waals surface area contributed by atoms with Crippen LogP contribution in [0.25, 0.3) is 0 Å². The summed E-state index contributed by atoms with van der Waals surface area (Å²) in [7, 11) is 1.52. The van der Waals surface area contributed by atoms with Gasteiger partial charge in [-0.2, -0.15) is 10.2 Å². The summed E-state index contributed by atoms with van der Waals surface area (Å²) in [5.41, 5.74) is 8.00. The minimum atomic E-state index is -1.46. The molecule has 1 aromatic carbocycles. The summed E-state index contributed by atoms with van der Waals surface area (Å²) in [5, 5.41) is 18.1. The van der Waals surface area contributed by atoms with Crippen LogP contribution in [-0.2, 0) is 20.6 Å². The van der Waals surface area contributed by atoms with Crippen LogP contribution in [0.1, 0.15) is 77.7 Å². The number of methoxy groups -OCH3 is 1. The Hall–Kier alpha value is -3.70. The largest absolute Gasteiger partial charge is 0.510 e. The summed E-state index contributed by atoms with van der Waals surface area (Å²) in [6.07, 6.45) is -4.49. The van der Waals surface area contributed by atoms with Crippen molar-refractivity contribution in [3.63, 3.8) is 0 Å². The first kappa shape index (κ1) is 28.5. The fraction of sp³-hybridized carbons (Fsp3) is 0.583. The van der Waals surface area contributed by atoms with E-state index in [-0.39, 0.29) is 30.2 Å². The summed E-state index contributed by atoms with van der Waals surface area (Å²) < 4.78 is 26.7. The Morgan fingerprint density at radius 1 is 0.972 bits per heavy atom. The molecule has 0 saturated heterocycles. The molecule has 12 heteroatoms. The number of benzene rings is 1. The van der Waals surface area contributed by atoms with Gasteiger partial charge in [-0.3, -0.25) is 0 Å². The van der Waals surface area contributed by atoms with Gasteiger partial charge in [-0.1, -0.05) is 13.8 Å². The summed E-state index contributed by atoms with van der Waals surface area (Å²) >= 11 is 0. The number of carbonyl (C=O) groups is 2. The lowest BCUT2D eigenvalue weighted by Gasteiger charge is -2.20. The summed E-state index contributed by atoms with van der Waals surface area (Å²) in [5.74, 6) is 0.749. The second-order valence-corrected chi connectivity index (χ2v) is 9.09. The zero-order valence-corrected chi connectivity index (χ0v) is 22.0. The van der Waals surface area contributed by atoms with Gasteiger partial charge in [-0.25, -0.2) is 9.59 Å². The topological polar surface area (TPSA) is 157 Å². The molecule has 0 aliphatic heterocycles. The van der Waals surface area contributed by atoms with E-state index in [4.69, 9.17) is 34.5 Å². The quantitative estimate of drug-likeness (QED) is 0.319. The van der Waals surface area contributed by atoms with Gasteiger partial charge in [0.25, 0.3) is 0 Å². The molecule has 0 aliphatic rings. The van der Waals surface area contributed by atoms with Crippen LogP contribution in [0.2, 0.25) is 0 Å². The van der Waals surface area contributed by atoms with Gasteiger partial charge in [0.15, 0.2) is 11.5 Å². The number of hydrogen-bond donors (Lipinski definition) is 2. The second kappa shape index (κ2) is 12.3. The van der Waals surface area contributed by atoms with Crippen LogP contribution in [0.15, 0.2) is 12.1 Å². The molecule has 36 heavy (non-hydrogen) atoms. The molecule has 1 heterocycles. The van der Waals surface area contributed by atoms with Crippen LogP contribution in [0.4, 0.5) is 15.3 Å². The molecule has 0 radical (unpaired) electrons.